The minimum absolute atomic E-state index is 0.150. The third kappa shape index (κ3) is 1.68. The van der Waals surface area contributed by atoms with Gasteiger partial charge >= 0.3 is 0 Å². The summed E-state index contributed by atoms with van der Waals surface area (Å²) in [6.45, 7) is 1.95. The Labute approximate surface area is 104 Å². The maximum absolute atomic E-state index is 11.9. The molecule has 0 fully saturated rings. The Morgan fingerprint density at radius 3 is 2.78 bits per heavy atom. The van der Waals surface area contributed by atoms with Crippen molar-refractivity contribution in [3.8, 4) is 5.75 Å². The summed E-state index contributed by atoms with van der Waals surface area (Å²) in [6.07, 6.45) is 1.79. The number of rotatable bonds is 1. The second-order valence-corrected chi connectivity index (χ2v) is 4.34. The van der Waals surface area contributed by atoms with Gasteiger partial charge in [-0.15, -0.1) is 0 Å². The number of fused-ring (bicyclic) bond motifs is 1. The molecule has 1 aromatic heterocycles. The summed E-state index contributed by atoms with van der Waals surface area (Å²) in [4.78, 5) is 15.0. The van der Waals surface area contributed by atoms with Crippen LogP contribution in [0.5, 0.6) is 5.75 Å². The third-order valence-corrected chi connectivity index (χ3v) is 2.94. The van der Waals surface area contributed by atoms with Crippen LogP contribution in [-0.4, -0.2) is 16.0 Å². The van der Waals surface area contributed by atoms with Crippen molar-refractivity contribution < 1.29 is 9.90 Å². The average Bonchev–Trinajstić information content (AvgIpc) is 2.86. The smallest absolute Gasteiger partial charge is 0.256 e. The van der Waals surface area contributed by atoms with Crippen molar-refractivity contribution in [2.75, 3.05) is 5.32 Å². The highest BCUT2D eigenvalue weighted by Gasteiger charge is 2.24. The number of phenolic OH excluding ortho intramolecular Hbond substituents is 1. The van der Waals surface area contributed by atoms with E-state index in [1.165, 1.54) is 0 Å². The minimum atomic E-state index is -0.150. The van der Waals surface area contributed by atoms with Crippen LogP contribution in [0, 0.1) is 6.92 Å². The van der Waals surface area contributed by atoms with E-state index in [1.54, 1.807) is 24.3 Å². The van der Waals surface area contributed by atoms with Crippen LogP contribution in [0.25, 0.3) is 11.6 Å². The number of amides is 1. The molecule has 0 spiro atoms. The number of aromatic hydroxyl groups is 1. The largest absolute Gasteiger partial charge is 0.508 e. The number of nitrogens with one attached hydrogen (secondary N) is 2. The molecule has 2 aromatic rings. The van der Waals surface area contributed by atoms with E-state index in [0.717, 1.165) is 22.6 Å². The van der Waals surface area contributed by atoms with Gasteiger partial charge in [0.2, 0.25) is 0 Å². The molecule has 90 valence electrons. The van der Waals surface area contributed by atoms with Crippen molar-refractivity contribution in [2.45, 2.75) is 6.92 Å². The first-order chi connectivity index (χ1) is 8.63. The maximum Gasteiger partial charge on any atom is 0.256 e. The van der Waals surface area contributed by atoms with Gasteiger partial charge in [-0.25, -0.2) is 0 Å². The highest BCUT2D eigenvalue weighted by Crippen LogP contribution is 2.35. The molecule has 0 bridgehead atoms. The summed E-state index contributed by atoms with van der Waals surface area (Å²) >= 11 is 0. The van der Waals surface area contributed by atoms with E-state index < -0.39 is 0 Å². The van der Waals surface area contributed by atoms with Gasteiger partial charge in [0.05, 0.1) is 5.57 Å². The van der Waals surface area contributed by atoms with E-state index in [9.17, 15) is 9.90 Å². The standard InChI is InChI=1S/C14H12N2O2/c1-8-2-3-9(15-8)6-12-11-7-10(17)4-5-13(11)16-14(12)18/h2-7,15,17H,1H3,(H,16,18)/b12-6-. The zero-order valence-electron chi connectivity index (χ0n) is 9.82. The molecule has 0 aliphatic carbocycles. The van der Waals surface area contributed by atoms with E-state index in [2.05, 4.69) is 10.3 Å². The zero-order chi connectivity index (χ0) is 12.7. The van der Waals surface area contributed by atoms with Gasteiger partial charge in [0, 0.05) is 22.6 Å². The van der Waals surface area contributed by atoms with Crippen molar-refractivity contribution in [3.05, 3.63) is 47.3 Å². The Morgan fingerprint density at radius 2 is 2.06 bits per heavy atom. The summed E-state index contributed by atoms with van der Waals surface area (Å²) in [5.74, 6) is 0.00155. The molecule has 1 aliphatic heterocycles. The number of H-pyrrole nitrogens is 1. The molecule has 0 radical (unpaired) electrons. The van der Waals surface area contributed by atoms with Crippen LogP contribution in [-0.2, 0) is 4.79 Å². The third-order valence-electron chi connectivity index (χ3n) is 2.94. The van der Waals surface area contributed by atoms with Gasteiger partial charge in [-0.2, -0.15) is 0 Å². The first-order valence-electron chi connectivity index (χ1n) is 5.65. The molecular formula is C14H12N2O2. The molecule has 4 heteroatoms. The number of hydrogen-bond donors (Lipinski definition) is 3. The van der Waals surface area contributed by atoms with Crippen molar-refractivity contribution in [1.82, 2.24) is 4.98 Å². The summed E-state index contributed by atoms with van der Waals surface area (Å²) in [5, 5.41) is 12.3. The molecule has 18 heavy (non-hydrogen) atoms. The normalized spacial score (nSPS) is 15.8. The summed E-state index contributed by atoms with van der Waals surface area (Å²) in [7, 11) is 0. The van der Waals surface area contributed by atoms with Gasteiger partial charge in [-0.1, -0.05) is 0 Å². The zero-order valence-corrected chi connectivity index (χ0v) is 9.82. The maximum atomic E-state index is 11.9. The highest BCUT2D eigenvalue weighted by atomic mass is 16.3. The Morgan fingerprint density at radius 1 is 1.22 bits per heavy atom. The molecule has 3 N–H and O–H groups in total. The molecule has 0 unspecified atom stereocenters. The van der Waals surface area contributed by atoms with E-state index in [0.29, 0.717) is 5.57 Å². The molecular weight excluding hydrogens is 228 g/mol. The lowest BCUT2D eigenvalue weighted by Crippen LogP contribution is -2.03. The van der Waals surface area contributed by atoms with Crippen molar-refractivity contribution in [1.29, 1.82) is 0 Å². The van der Waals surface area contributed by atoms with Gasteiger partial charge in [0.15, 0.2) is 0 Å². The Kier molecular flexibility index (Phi) is 2.23. The van der Waals surface area contributed by atoms with E-state index >= 15 is 0 Å². The van der Waals surface area contributed by atoms with Crippen molar-refractivity contribution >= 4 is 23.2 Å². The molecule has 1 aromatic carbocycles. The van der Waals surface area contributed by atoms with Gasteiger partial charge in [-0.05, 0) is 43.3 Å². The lowest BCUT2D eigenvalue weighted by atomic mass is 10.1. The monoisotopic (exact) mass is 240 g/mol. The molecule has 3 rings (SSSR count). The Bertz CT molecular complexity index is 668. The number of hydrogen-bond acceptors (Lipinski definition) is 2. The van der Waals surface area contributed by atoms with Gasteiger partial charge in [-0.3, -0.25) is 4.79 Å². The minimum Gasteiger partial charge on any atom is -0.508 e. The van der Waals surface area contributed by atoms with E-state index in [-0.39, 0.29) is 11.7 Å². The molecule has 0 atom stereocenters. The number of anilines is 1. The SMILES string of the molecule is Cc1ccc(/C=C2\C(=O)Nc3ccc(O)cc32)[nH]1. The number of carbonyl (C=O) groups excluding carboxylic acids is 1. The van der Waals surface area contributed by atoms with Crippen LogP contribution in [0.4, 0.5) is 5.69 Å². The molecule has 2 heterocycles. The molecule has 1 aliphatic rings. The van der Waals surface area contributed by atoms with Crippen LogP contribution in [0.1, 0.15) is 17.0 Å². The molecule has 4 nitrogen and oxygen atoms in total. The number of aromatic amines is 1. The first kappa shape index (κ1) is 10.7. The number of carbonyl (C=O) groups is 1. The summed E-state index contributed by atoms with van der Waals surface area (Å²) < 4.78 is 0. The number of benzene rings is 1. The topological polar surface area (TPSA) is 65.1 Å². The summed E-state index contributed by atoms with van der Waals surface area (Å²) in [6, 6.07) is 8.71. The van der Waals surface area contributed by atoms with Gasteiger partial charge < -0.3 is 15.4 Å². The van der Waals surface area contributed by atoms with Crippen LogP contribution in [0.3, 0.4) is 0 Å². The lowest BCUT2D eigenvalue weighted by molar-refractivity contribution is -0.110. The molecule has 0 saturated heterocycles. The molecule has 1 amide bonds. The fraction of sp³-hybridized carbons (Fsp3) is 0.0714. The Hall–Kier alpha value is -2.49. The molecule has 0 saturated carbocycles. The number of phenols is 1. The van der Waals surface area contributed by atoms with Crippen molar-refractivity contribution in [3.63, 3.8) is 0 Å². The Balaban J connectivity index is 2.11. The lowest BCUT2D eigenvalue weighted by Gasteiger charge is -1.98. The van der Waals surface area contributed by atoms with Crippen LogP contribution < -0.4 is 5.32 Å². The van der Waals surface area contributed by atoms with Crippen LogP contribution in [0.2, 0.25) is 0 Å². The first-order valence-corrected chi connectivity index (χ1v) is 5.65. The second-order valence-electron chi connectivity index (χ2n) is 4.34. The predicted molar refractivity (Wildman–Crippen MR) is 70.1 cm³/mol. The number of aryl methyl sites for hydroxylation is 1. The van der Waals surface area contributed by atoms with E-state index in [4.69, 9.17) is 0 Å². The average molecular weight is 240 g/mol. The fourth-order valence-corrected chi connectivity index (χ4v) is 2.08. The van der Waals surface area contributed by atoms with Crippen LogP contribution >= 0.6 is 0 Å². The van der Waals surface area contributed by atoms with Gasteiger partial charge in [0.25, 0.3) is 5.91 Å². The fourth-order valence-electron chi connectivity index (χ4n) is 2.08. The highest BCUT2D eigenvalue weighted by molar-refractivity contribution is 6.34. The number of aromatic nitrogens is 1. The van der Waals surface area contributed by atoms with E-state index in [1.807, 2.05) is 19.1 Å². The predicted octanol–water partition coefficient (Wildman–Crippen LogP) is 2.52. The summed E-state index contributed by atoms with van der Waals surface area (Å²) in [5.41, 5.74) is 3.92. The van der Waals surface area contributed by atoms with Gasteiger partial charge in [0.1, 0.15) is 5.75 Å². The quantitative estimate of drug-likeness (QED) is 0.529. The second kappa shape index (κ2) is 3.77. The van der Waals surface area contributed by atoms with Crippen molar-refractivity contribution in [2.24, 2.45) is 0 Å². The van der Waals surface area contributed by atoms with Crippen LogP contribution in [0.15, 0.2) is 30.3 Å².